The van der Waals surface area contributed by atoms with Crippen molar-refractivity contribution in [2.24, 2.45) is 0 Å². The number of aliphatic carboxylic acids is 1. The maximum atomic E-state index is 10.7. The predicted molar refractivity (Wildman–Crippen MR) is 65.1 cm³/mol. The smallest absolute Gasteiger partial charge is 0.321 e. The van der Waals surface area contributed by atoms with Crippen LogP contribution in [-0.4, -0.2) is 30.0 Å². The largest absolute Gasteiger partial charge is 0.497 e. The zero-order chi connectivity index (χ0) is 12.0. The second-order valence-electron chi connectivity index (χ2n) is 3.30. The van der Waals surface area contributed by atoms with Gasteiger partial charge in [-0.05, 0) is 17.7 Å². The molecule has 0 radical (unpaired) electrons. The third-order valence-electron chi connectivity index (χ3n) is 2.19. The zero-order valence-electron chi connectivity index (χ0n) is 9.01. The number of benzene rings is 1. The Morgan fingerprint density at radius 2 is 2.12 bits per heavy atom. The first-order chi connectivity index (χ1) is 7.67. The van der Waals surface area contributed by atoms with Gasteiger partial charge < -0.3 is 9.84 Å². The third-order valence-corrected chi connectivity index (χ3v) is 2.56. The Morgan fingerprint density at radius 1 is 1.50 bits per heavy atom. The summed E-state index contributed by atoms with van der Waals surface area (Å²) in [5.41, 5.74) is 1.01. The second-order valence-corrected chi connectivity index (χ2v) is 3.67. The summed E-state index contributed by atoms with van der Waals surface area (Å²) in [6.45, 7) is 0.502. The van der Waals surface area contributed by atoms with Crippen molar-refractivity contribution < 1.29 is 14.6 Å². The molecule has 0 spiro atoms. The van der Waals surface area contributed by atoms with Gasteiger partial charge in [0.1, 0.15) is 11.8 Å². The van der Waals surface area contributed by atoms with Crippen LogP contribution in [0.1, 0.15) is 5.56 Å². The number of ether oxygens (including phenoxy) is 1. The van der Waals surface area contributed by atoms with Gasteiger partial charge in [0, 0.05) is 12.3 Å². The van der Waals surface area contributed by atoms with Gasteiger partial charge in [0.25, 0.3) is 0 Å². The lowest BCUT2D eigenvalue weighted by Gasteiger charge is -2.11. The van der Waals surface area contributed by atoms with E-state index in [9.17, 15) is 4.79 Å². The highest BCUT2D eigenvalue weighted by molar-refractivity contribution is 7.80. The van der Waals surface area contributed by atoms with Crippen molar-refractivity contribution in [3.63, 3.8) is 0 Å². The number of nitrogens with one attached hydrogen (secondary N) is 1. The Labute approximate surface area is 100 Å². The van der Waals surface area contributed by atoms with Crippen LogP contribution in [0.2, 0.25) is 0 Å². The number of carbonyl (C=O) groups is 1. The highest BCUT2D eigenvalue weighted by atomic mass is 32.1. The van der Waals surface area contributed by atoms with Gasteiger partial charge in [0.2, 0.25) is 0 Å². The highest BCUT2D eigenvalue weighted by Gasteiger charge is 2.13. The monoisotopic (exact) mass is 241 g/mol. The normalized spacial score (nSPS) is 12.1. The Kier molecular flexibility index (Phi) is 5.14. The fraction of sp³-hybridized carbons (Fsp3) is 0.364. The number of rotatable bonds is 6. The van der Waals surface area contributed by atoms with Gasteiger partial charge in [-0.2, -0.15) is 12.6 Å². The van der Waals surface area contributed by atoms with Crippen LogP contribution in [0.5, 0.6) is 5.75 Å². The number of carboxylic acid groups (broad SMARTS) is 1. The van der Waals surface area contributed by atoms with Gasteiger partial charge >= 0.3 is 5.97 Å². The SMILES string of the molecule is COc1ccc(CN[C@H](CS)C(=O)O)cc1. The van der Waals surface area contributed by atoms with Crippen molar-refractivity contribution in [3.8, 4) is 5.75 Å². The fourth-order valence-electron chi connectivity index (χ4n) is 1.21. The molecule has 0 unspecified atom stereocenters. The molecule has 1 aromatic carbocycles. The molecule has 2 N–H and O–H groups in total. The van der Waals surface area contributed by atoms with E-state index < -0.39 is 12.0 Å². The van der Waals surface area contributed by atoms with Crippen LogP contribution in [0, 0.1) is 0 Å². The Morgan fingerprint density at radius 3 is 2.56 bits per heavy atom. The topological polar surface area (TPSA) is 58.6 Å². The molecular weight excluding hydrogens is 226 g/mol. The molecule has 1 aromatic rings. The molecule has 0 saturated heterocycles. The second kappa shape index (κ2) is 6.40. The Bertz CT molecular complexity index is 340. The van der Waals surface area contributed by atoms with Gasteiger partial charge in [0.15, 0.2) is 0 Å². The van der Waals surface area contributed by atoms with Crippen LogP contribution in [0.3, 0.4) is 0 Å². The van der Waals surface area contributed by atoms with E-state index >= 15 is 0 Å². The molecule has 1 rings (SSSR count). The van der Waals surface area contributed by atoms with Crippen molar-refractivity contribution in [1.29, 1.82) is 0 Å². The molecule has 5 heteroatoms. The maximum absolute atomic E-state index is 10.7. The summed E-state index contributed by atoms with van der Waals surface area (Å²) >= 11 is 3.97. The van der Waals surface area contributed by atoms with Crippen molar-refractivity contribution in [2.45, 2.75) is 12.6 Å². The average molecular weight is 241 g/mol. The number of carboxylic acids is 1. The molecule has 4 nitrogen and oxygen atoms in total. The van der Waals surface area contributed by atoms with Gasteiger partial charge in [-0.1, -0.05) is 12.1 Å². The molecule has 16 heavy (non-hydrogen) atoms. The minimum Gasteiger partial charge on any atom is -0.497 e. The molecule has 88 valence electrons. The van der Waals surface area contributed by atoms with Crippen molar-refractivity contribution in [1.82, 2.24) is 5.32 Å². The van der Waals surface area contributed by atoms with E-state index in [1.54, 1.807) is 7.11 Å². The first-order valence-electron chi connectivity index (χ1n) is 4.87. The highest BCUT2D eigenvalue weighted by Crippen LogP contribution is 2.11. The van der Waals surface area contributed by atoms with Crippen LogP contribution < -0.4 is 10.1 Å². The molecule has 0 aliphatic heterocycles. The van der Waals surface area contributed by atoms with Crippen molar-refractivity contribution >= 4 is 18.6 Å². The summed E-state index contributed by atoms with van der Waals surface area (Å²) in [6.07, 6.45) is 0. The van der Waals surface area contributed by atoms with E-state index in [1.165, 1.54) is 0 Å². The molecule has 0 heterocycles. The summed E-state index contributed by atoms with van der Waals surface area (Å²) in [5, 5.41) is 11.7. The van der Waals surface area contributed by atoms with Crippen LogP contribution >= 0.6 is 12.6 Å². The zero-order valence-corrected chi connectivity index (χ0v) is 9.91. The van der Waals surface area contributed by atoms with Crippen molar-refractivity contribution in [3.05, 3.63) is 29.8 Å². The van der Waals surface area contributed by atoms with Crippen molar-refractivity contribution in [2.75, 3.05) is 12.9 Å². The van der Waals surface area contributed by atoms with Gasteiger partial charge in [-0.15, -0.1) is 0 Å². The molecule has 0 aliphatic carbocycles. The molecule has 0 amide bonds. The van der Waals surface area contributed by atoms with E-state index in [-0.39, 0.29) is 5.75 Å². The molecule has 1 atom stereocenters. The number of methoxy groups -OCH3 is 1. The lowest BCUT2D eigenvalue weighted by Crippen LogP contribution is -2.37. The van der Waals surface area contributed by atoms with Crippen LogP contribution in [0.25, 0.3) is 0 Å². The first-order valence-corrected chi connectivity index (χ1v) is 5.50. The average Bonchev–Trinajstić information content (AvgIpc) is 2.30. The van der Waals surface area contributed by atoms with Crippen LogP contribution in [0.15, 0.2) is 24.3 Å². The lowest BCUT2D eigenvalue weighted by molar-refractivity contribution is -0.138. The quantitative estimate of drug-likeness (QED) is 0.654. The summed E-state index contributed by atoms with van der Waals surface area (Å²) < 4.78 is 5.03. The molecule has 0 bridgehead atoms. The van der Waals surface area contributed by atoms with Crippen LogP contribution in [0.4, 0.5) is 0 Å². The Hall–Kier alpha value is -1.20. The van der Waals surface area contributed by atoms with E-state index in [0.29, 0.717) is 6.54 Å². The Balaban J connectivity index is 2.50. The summed E-state index contributed by atoms with van der Waals surface area (Å²) in [4.78, 5) is 10.7. The van der Waals surface area contributed by atoms with E-state index in [4.69, 9.17) is 9.84 Å². The fourth-order valence-corrected chi connectivity index (χ4v) is 1.50. The summed E-state index contributed by atoms with van der Waals surface area (Å²) in [7, 11) is 1.61. The van der Waals surface area contributed by atoms with Gasteiger partial charge in [-0.25, -0.2) is 0 Å². The van der Waals surface area contributed by atoms with E-state index in [2.05, 4.69) is 17.9 Å². The minimum atomic E-state index is -0.886. The molecule has 0 aromatic heterocycles. The van der Waals surface area contributed by atoms with E-state index in [0.717, 1.165) is 11.3 Å². The minimum absolute atomic E-state index is 0.269. The summed E-state index contributed by atoms with van der Waals surface area (Å²) in [6, 6.07) is 6.85. The van der Waals surface area contributed by atoms with Gasteiger partial charge in [0.05, 0.1) is 7.11 Å². The standard InChI is InChI=1S/C11H15NO3S/c1-15-9-4-2-8(3-5-9)6-12-10(7-16)11(13)14/h2-5,10,12,16H,6-7H2,1H3,(H,13,14)/t10-/m1/s1. The van der Waals surface area contributed by atoms with Crippen LogP contribution in [-0.2, 0) is 11.3 Å². The summed E-state index contributed by atoms with van der Waals surface area (Å²) in [5.74, 6) is 0.169. The molecule has 0 fully saturated rings. The first kappa shape index (κ1) is 12.9. The number of hydrogen-bond acceptors (Lipinski definition) is 4. The molecule has 0 saturated carbocycles. The van der Waals surface area contributed by atoms with Gasteiger partial charge in [-0.3, -0.25) is 10.1 Å². The predicted octanol–water partition coefficient (Wildman–Crippen LogP) is 1.17. The molecular formula is C11H15NO3S. The van der Waals surface area contributed by atoms with E-state index in [1.807, 2.05) is 24.3 Å². The number of thiol groups is 1. The maximum Gasteiger partial charge on any atom is 0.321 e. The third kappa shape index (κ3) is 3.75. The lowest BCUT2D eigenvalue weighted by atomic mass is 10.2. The number of hydrogen-bond donors (Lipinski definition) is 3. The molecule has 0 aliphatic rings.